The number of hydrogen-bond donors (Lipinski definition) is 0. The lowest BCUT2D eigenvalue weighted by atomic mass is 10.1. The molecule has 1 aromatic heterocycles. The average Bonchev–Trinajstić information content (AvgIpc) is 2.26. The smallest absolute Gasteiger partial charge is 0.298 e. The first-order valence-corrected chi connectivity index (χ1v) is 4.43. The lowest BCUT2D eigenvalue weighted by Crippen LogP contribution is -2.04. The largest absolute Gasteiger partial charge is 0.416 e. The summed E-state index contributed by atoms with van der Waals surface area (Å²) in [6.07, 6.45) is -2.51. The summed E-state index contributed by atoms with van der Waals surface area (Å²) in [6.45, 7) is 0. The van der Waals surface area contributed by atoms with E-state index < -0.39 is 11.7 Å². The fraction of sp³-hybridized carbons (Fsp3) is 0.0909. The first-order valence-electron chi connectivity index (χ1n) is 4.43. The van der Waals surface area contributed by atoms with Gasteiger partial charge in [0.1, 0.15) is 0 Å². The first-order chi connectivity index (χ1) is 7.50. The van der Waals surface area contributed by atoms with E-state index in [1.807, 2.05) is 0 Å². The van der Waals surface area contributed by atoms with E-state index in [0.29, 0.717) is 17.2 Å². The number of pyridine rings is 1. The zero-order chi connectivity index (χ0) is 11.8. The number of alkyl halides is 3. The standard InChI is InChI=1S/C11H6F3NO/c12-11(13,14)9-1-2-10-8(4-9)3-7(6-16)5-15-10/h1-6H. The van der Waals surface area contributed by atoms with Gasteiger partial charge < -0.3 is 0 Å². The van der Waals surface area contributed by atoms with Crippen LogP contribution in [0.1, 0.15) is 15.9 Å². The van der Waals surface area contributed by atoms with E-state index in [2.05, 4.69) is 4.98 Å². The van der Waals surface area contributed by atoms with Crippen LogP contribution in [0.25, 0.3) is 10.9 Å². The lowest BCUT2D eigenvalue weighted by Gasteiger charge is -2.07. The van der Waals surface area contributed by atoms with Crippen LogP contribution in [0.3, 0.4) is 0 Å². The minimum absolute atomic E-state index is 0.256. The Labute approximate surface area is 88.7 Å². The molecule has 0 fully saturated rings. The van der Waals surface area contributed by atoms with E-state index in [1.165, 1.54) is 18.3 Å². The second kappa shape index (κ2) is 3.59. The van der Waals surface area contributed by atoms with E-state index in [0.717, 1.165) is 12.1 Å². The number of aldehydes is 1. The van der Waals surface area contributed by atoms with Crippen LogP contribution in [0.15, 0.2) is 30.5 Å². The van der Waals surface area contributed by atoms with Gasteiger partial charge in [0.05, 0.1) is 11.1 Å². The van der Waals surface area contributed by atoms with Crippen LogP contribution in [-0.4, -0.2) is 11.3 Å². The molecule has 0 amide bonds. The number of rotatable bonds is 1. The van der Waals surface area contributed by atoms with Crippen molar-refractivity contribution in [1.29, 1.82) is 0 Å². The van der Waals surface area contributed by atoms with Crippen molar-refractivity contribution in [1.82, 2.24) is 4.98 Å². The maximum atomic E-state index is 12.4. The van der Waals surface area contributed by atoms with Gasteiger partial charge in [-0.15, -0.1) is 0 Å². The highest BCUT2D eigenvalue weighted by Gasteiger charge is 2.30. The van der Waals surface area contributed by atoms with Crippen molar-refractivity contribution in [3.05, 3.63) is 41.6 Å². The van der Waals surface area contributed by atoms with Gasteiger partial charge in [0.2, 0.25) is 0 Å². The Morgan fingerprint density at radius 2 is 1.94 bits per heavy atom. The molecular weight excluding hydrogens is 219 g/mol. The summed E-state index contributed by atoms with van der Waals surface area (Å²) in [7, 11) is 0. The molecule has 82 valence electrons. The molecule has 0 atom stereocenters. The number of aromatic nitrogens is 1. The van der Waals surface area contributed by atoms with Crippen molar-refractivity contribution in [2.75, 3.05) is 0 Å². The number of carbonyl (C=O) groups excluding carboxylic acids is 1. The molecule has 0 aliphatic rings. The van der Waals surface area contributed by atoms with Gasteiger partial charge in [0.25, 0.3) is 0 Å². The van der Waals surface area contributed by atoms with Gasteiger partial charge in [-0.3, -0.25) is 9.78 Å². The van der Waals surface area contributed by atoms with Crippen molar-refractivity contribution in [3.8, 4) is 0 Å². The topological polar surface area (TPSA) is 30.0 Å². The van der Waals surface area contributed by atoms with Crippen LogP contribution in [0.4, 0.5) is 13.2 Å². The number of hydrogen-bond acceptors (Lipinski definition) is 2. The summed E-state index contributed by atoms with van der Waals surface area (Å²) in [5.74, 6) is 0. The summed E-state index contributed by atoms with van der Waals surface area (Å²) >= 11 is 0. The quantitative estimate of drug-likeness (QED) is 0.698. The highest BCUT2D eigenvalue weighted by molar-refractivity contribution is 5.86. The molecule has 0 bridgehead atoms. The van der Waals surface area contributed by atoms with Gasteiger partial charge in [-0.25, -0.2) is 0 Å². The highest BCUT2D eigenvalue weighted by atomic mass is 19.4. The van der Waals surface area contributed by atoms with Crippen molar-refractivity contribution < 1.29 is 18.0 Å². The Hall–Kier alpha value is -1.91. The molecule has 0 unspecified atom stereocenters. The molecule has 0 aliphatic heterocycles. The van der Waals surface area contributed by atoms with Crippen LogP contribution in [0.5, 0.6) is 0 Å². The number of fused-ring (bicyclic) bond motifs is 1. The van der Waals surface area contributed by atoms with Gasteiger partial charge in [0.15, 0.2) is 6.29 Å². The predicted molar refractivity (Wildman–Crippen MR) is 52.1 cm³/mol. The predicted octanol–water partition coefficient (Wildman–Crippen LogP) is 3.07. The molecule has 2 rings (SSSR count). The highest BCUT2D eigenvalue weighted by Crippen LogP contribution is 2.31. The van der Waals surface area contributed by atoms with Crippen LogP contribution in [-0.2, 0) is 6.18 Å². The van der Waals surface area contributed by atoms with E-state index in [-0.39, 0.29) is 5.56 Å². The first kappa shape index (κ1) is 10.6. The Balaban J connectivity index is 2.64. The number of benzene rings is 1. The summed E-state index contributed by atoms with van der Waals surface area (Å²) < 4.78 is 37.2. The number of carbonyl (C=O) groups is 1. The van der Waals surface area contributed by atoms with Gasteiger partial charge in [-0.1, -0.05) is 0 Å². The summed E-state index contributed by atoms with van der Waals surface area (Å²) in [6, 6.07) is 4.61. The monoisotopic (exact) mass is 225 g/mol. The third-order valence-electron chi connectivity index (χ3n) is 2.17. The normalized spacial score (nSPS) is 11.7. The minimum Gasteiger partial charge on any atom is -0.298 e. The third kappa shape index (κ3) is 1.88. The van der Waals surface area contributed by atoms with Crippen LogP contribution in [0, 0.1) is 0 Å². The Morgan fingerprint density at radius 3 is 2.56 bits per heavy atom. The lowest BCUT2D eigenvalue weighted by molar-refractivity contribution is -0.137. The Morgan fingerprint density at radius 1 is 1.19 bits per heavy atom. The second-order valence-electron chi connectivity index (χ2n) is 3.29. The summed E-state index contributed by atoms with van der Waals surface area (Å²) in [5, 5.41) is 0.305. The SMILES string of the molecule is O=Cc1cnc2ccc(C(F)(F)F)cc2c1. The van der Waals surface area contributed by atoms with Crippen LogP contribution < -0.4 is 0 Å². The number of halogens is 3. The summed E-state index contributed by atoms with van der Waals surface area (Å²) in [4.78, 5) is 14.3. The van der Waals surface area contributed by atoms with E-state index >= 15 is 0 Å². The van der Waals surface area contributed by atoms with Crippen molar-refractivity contribution in [2.24, 2.45) is 0 Å². The van der Waals surface area contributed by atoms with Gasteiger partial charge >= 0.3 is 6.18 Å². The molecule has 1 heterocycles. The minimum atomic E-state index is -4.38. The molecule has 2 aromatic rings. The molecule has 0 saturated carbocycles. The molecule has 5 heteroatoms. The average molecular weight is 225 g/mol. The molecule has 1 aromatic carbocycles. The fourth-order valence-corrected chi connectivity index (χ4v) is 1.39. The van der Waals surface area contributed by atoms with Crippen LogP contribution >= 0.6 is 0 Å². The Kier molecular flexibility index (Phi) is 2.38. The van der Waals surface area contributed by atoms with E-state index in [9.17, 15) is 18.0 Å². The van der Waals surface area contributed by atoms with Crippen molar-refractivity contribution in [3.63, 3.8) is 0 Å². The molecule has 0 saturated heterocycles. The zero-order valence-electron chi connectivity index (χ0n) is 7.95. The van der Waals surface area contributed by atoms with Gasteiger partial charge in [-0.05, 0) is 24.3 Å². The second-order valence-corrected chi connectivity index (χ2v) is 3.29. The molecule has 0 radical (unpaired) electrons. The molecular formula is C11H6F3NO. The van der Waals surface area contributed by atoms with E-state index in [1.54, 1.807) is 0 Å². The maximum Gasteiger partial charge on any atom is 0.416 e. The van der Waals surface area contributed by atoms with E-state index in [4.69, 9.17) is 0 Å². The molecule has 0 N–H and O–H groups in total. The molecule has 16 heavy (non-hydrogen) atoms. The number of nitrogens with zero attached hydrogens (tertiary/aromatic N) is 1. The maximum absolute atomic E-state index is 12.4. The molecule has 0 spiro atoms. The van der Waals surface area contributed by atoms with Gasteiger partial charge in [-0.2, -0.15) is 13.2 Å². The van der Waals surface area contributed by atoms with Gasteiger partial charge in [0, 0.05) is 17.1 Å². The van der Waals surface area contributed by atoms with Crippen molar-refractivity contribution >= 4 is 17.2 Å². The summed E-state index contributed by atoms with van der Waals surface area (Å²) in [5.41, 5.74) is -0.0599. The van der Waals surface area contributed by atoms with Crippen molar-refractivity contribution in [2.45, 2.75) is 6.18 Å². The Bertz CT molecular complexity index is 548. The molecule has 0 aliphatic carbocycles. The fourth-order valence-electron chi connectivity index (χ4n) is 1.39. The molecule has 2 nitrogen and oxygen atoms in total. The van der Waals surface area contributed by atoms with Crippen LogP contribution in [0.2, 0.25) is 0 Å². The zero-order valence-corrected chi connectivity index (χ0v) is 7.95. The third-order valence-corrected chi connectivity index (χ3v) is 2.17.